The largest absolute Gasteiger partial charge is 0.329 e. The maximum atomic E-state index is 11.5. The van der Waals surface area contributed by atoms with Gasteiger partial charge in [-0.05, 0) is 29.7 Å². The van der Waals surface area contributed by atoms with E-state index in [0.29, 0.717) is 23.1 Å². The van der Waals surface area contributed by atoms with Gasteiger partial charge in [0.2, 0.25) is 5.91 Å². The van der Waals surface area contributed by atoms with Crippen LogP contribution in [-0.2, 0) is 17.8 Å². The van der Waals surface area contributed by atoms with Crippen molar-refractivity contribution in [1.29, 1.82) is 0 Å². The van der Waals surface area contributed by atoms with Gasteiger partial charge in [0.15, 0.2) is 0 Å². The average Bonchev–Trinajstić information content (AvgIpc) is 2.76. The number of rotatable bonds is 3. The number of nitrogens with zero attached hydrogens (tertiary/aromatic N) is 2. The first-order valence-corrected chi connectivity index (χ1v) is 7.57. The lowest BCUT2D eigenvalue weighted by Crippen LogP contribution is -2.40. The predicted molar refractivity (Wildman–Crippen MR) is 80.6 cm³/mol. The highest BCUT2D eigenvalue weighted by Crippen LogP contribution is 2.29. The Labute approximate surface area is 132 Å². The van der Waals surface area contributed by atoms with E-state index in [-0.39, 0.29) is 18.5 Å². The summed E-state index contributed by atoms with van der Waals surface area (Å²) in [5, 5.41) is 3.86. The van der Waals surface area contributed by atoms with Crippen molar-refractivity contribution in [3.05, 3.63) is 33.3 Å². The third-order valence-electron chi connectivity index (χ3n) is 3.91. The topological polar surface area (TPSA) is 52.7 Å². The first-order valence-electron chi connectivity index (χ1n) is 6.82. The third-order valence-corrected chi connectivity index (χ3v) is 4.46. The molecule has 0 spiro atoms. The number of hydrogen-bond acceptors (Lipinski definition) is 3. The zero-order valence-corrected chi connectivity index (χ0v) is 12.9. The van der Waals surface area contributed by atoms with Crippen molar-refractivity contribution < 1.29 is 9.59 Å². The lowest BCUT2D eigenvalue weighted by Gasteiger charge is -2.30. The molecule has 1 N–H and O–H groups in total. The van der Waals surface area contributed by atoms with E-state index in [1.165, 1.54) is 10.5 Å². The van der Waals surface area contributed by atoms with E-state index >= 15 is 0 Å². The summed E-state index contributed by atoms with van der Waals surface area (Å²) in [7, 11) is 0. The second-order valence-electron chi connectivity index (χ2n) is 5.26. The zero-order chi connectivity index (χ0) is 15.0. The molecule has 1 aromatic carbocycles. The number of fused-ring (bicyclic) bond motifs is 1. The number of hydrogen-bond donors (Lipinski definition) is 1. The van der Waals surface area contributed by atoms with Crippen molar-refractivity contribution >= 4 is 35.1 Å². The Morgan fingerprint density at radius 1 is 1.19 bits per heavy atom. The molecule has 21 heavy (non-hydrogen) atoms. The van der Waals surface area contributed by atoms with Crippen molar-refractivity contribution in [1.82, 2.24) is 15.1 Å². The minimum absolute atomic E-state index is 0.103. The monoisotopic (exact) mass is 327 g/mol. The van der Waals surface area contributed by atoms with E-state index < -0.39 is 0 Å². The molecule has 2 aliphatic heterocycles. The van der Waals surface area contributed by atoms with Crippen LogP contribution in [0.5, 0.6) is 0 Å². The van der Waals surface area contributed by atoms with Crippen LogP contribution in [0.25, 0.3) is 0 Å². The number of halogens is 2. The molecular weight excluding hydrogens is 313 g/mol. The van der Waals surface area contributed by atoms with E-state index in [2.05, 4.69) is 10.2 Å². The summed E-state index contributed by atoms with van der Waals surface area (Å²) in [6.07, 6.45) is 0.871. The highest BCUT2D eigenvalue weighted by molar-refractivity contribution is 6.35. The number of carbonyl (C=O) groups is 2. The Morgan fingerprint density at radius 2 is 2.00 bits per heavy atom. The number of amides is 3. The smallest absolute Gasteiger partial charge is 0.324 e. The van der Waals surface area contributed by atoms with Gasteiger partial charge in [0, 0.05) is 36.2 Å². The van der Waals surface area contributed by atoms with Gasteiger partial charge in [-0.3, -0.25) is 14.6 Å². The number of imide groups is 1. The van der Waals surface area contributed by atoms with Crippen LogP contribution >= 0.6 is 23.2 Å². The summed E-state index contributed by atoms with van der Waals surface area (Å²) in [6, 6.07) is 3.41. The van der Waals surface area contributed by atoms with E-state index in [0.717, 1.165) is 25.1 Å². The van der Waals surface area contributed by atoms with E-state index in [1.54, 1.807) is 6.07 Å². The summed E-state index contributed by atoms with van der Waals surface area (Å²) in [4.78, 5) is 26.5. The average molecular weight is 328 g/mol. The molecule has 7 heteroatoms. The quantitative estimate of drug-likeness (QED) is 0.863. The molecule has 0 unspecified atom stereocenters. The van der Waals surface area contributed by atoms with Crippen molar-refractivity contribution in [3.63, 3.8) is 0 Å². The maximum Gasteiger partial charge on any atom is 0.324 e. The van der Waals surface area contributed by atoms with Gasteiger partial charge in [-0.25, -0.2) is 4.79 Å². The molecule has 0 aliphatic carbocycles. The Morgan fingerprint density at radius 3 is 2.71 bits per heavy atom. The van der Waals surface area contributed by atoms with Crippen LogP contribution < -0.4 is 5.32 Å². The van der Waals surface area contributed by atoms with E-state index in [1.807, 2.05) is 6.07 Å². The van der Waals surface area contributed by atoms with E-state index in [4.69, 9.17) is 23.2 Å². The SMILES string of the molecule is O=C1CNC(=O)N1CCN1CCc2cc(Cl)cc(Cl)c2C1. The van der Waals surface area contributed by atoms with Crippen molar-refractivity contribution in [2.24, 2.45) is 0 Å². The van der Waals surface area contributed by atoms with Gasteiger partial charge < -0.3 is 5.32 Å². The van der Waals surface area contributed by atoms with Crippen LogP contribution in [0.3, 0.4) is 0 Å². The molecule has 3 rings (SSSR count). The molecule has 2 heterocycles. The van der Waals surface area contributed by atoms with Gasteiger partial charge in [0.25, 0.3) is 0 Å². The van der Waals surface area contributed by atoms with Crippen molar-refractivity contribution in [3.8, 4) is 0 Å². The van der Waals surface area contributed by atoms with Crippen LogP contribution in [0.2, 0.25) is 10.0 Å². The van der Waals surface area contributed by atoms with Crippen LogP contribution in [0, 0.1) is 0 Å². The Hall–Kier alpha value is -1.30. The van der Waals surface area contributed by atoms with Gasteiger partial charge in [-0.15, -0.1) is 0 Å². The lowest BCUT2D eigenvalue weighted by atomic mass is 10.00. The fourth-order valence-corrected chi connectivity index (χ4v) is 3.35. The minimum Gasteiger partial charge on any atom is -0.329 e. The summed E-state index contributed by atoms with van der Waals surface area (Å²) >= 11 is 12.3. The molecule has 0 saturated carbocycles. The molecule has 3 amide bonds. The fraction of sp³-hybridized carbons (Fsp3) is 0.429. The Bertz CT molecular complexity index is 590. The van der Waals surface area contributed by atoms with Crippen LogP contribution in [0.15, 0.2) is 12.1 Å². The second kappa shape index (κ2) is 5.83. The van der Waals surface area contributed by atoms with Crippen molar-refractivity contribution in [2.45, 2.75) is 13.0 Å². The van der Waals surface area contributed by atoms with Gasteiger partial charge in [-0.2, -0.15) is 0 Å². The summed E-state index contributed by atoms with van der Waals surface area (Å²) in [5.74, 6) is -0.165. The van der Waals surface area contributed by atoms with Gasteiger partial charge in [0.05, 0.1) is 6.54 Å². The molecule has 0 atom stereocenters. The standard InChI is InChI=1S/C14H15Cl2N3O2/c15-10-5-9-1-2-18(8-11(9)12(16)6-10)3-4-19-13(20)7-17-14(19)21/h5-6H,1-4,7-8H2,(H,17,21). The molecule has 0 radical (unpaired) electrons. The summed E-state index contributed by atoms with van der Waals surface area (Å²) in [5.41, 5.74) is 2.27. The molecule has 1 fully saturated rings. The number of carbonyl (C=O) groups excluding carboxylic acids is 2. The van der Waals surface area contributed by atoms with Gasteiger partial charge in [-0.1, -0.05) is 23.2 Å². The highest BCUT2D eigenvalue weighted by Gasteiger charge is 2.29. The first kappa shape index (κ1) is 14.6. The fourth-order valence-electron chi connectivity index (χ4n) is 2.75. The second-order valence-corrected chi connectivity index (χ2v) is 6.10. The lowest BCUT2D eigenvalue weighted by molar-refractivity contribution is -0.125. The molecule has 0 aromatic heterocycles. The summed E-state index contributed by atoms with van der Waals surface area (Å²) in [6.45, 7) is 2.75. The summed E-state index contributed by atoms with van der Waals surface area (Å²) < 4.78 is 0. The van der Waals surface area contributed by atoms with Gasteiger partial charge >= 0.3 is 6.03 Å². The molecular formula is C14H15Cl2N3O2. The molecule has 2 aliphatic rings. The molecule has 1 saturated heterocycles. The predicted octanol–water partition coefficient (Wildman–Crippen LogP) is 1.90. The van der Waals surface area contributed by atoms with Crippen LogP contribution in [-0.4, -0.2) is 47.9 Å². The Kier molecular flexibility index (Phi) is 4.06. The van der Waals surface area contributed by atoms with Crippen LogP contribution in [0.1, 0.15) is 11.1 Å². The number of nitrogens with one attached hydrogen (secondary N) is 1. The highest BCUT2D eigenvalue weighted by atomic mass is 35.5. The normalized spacial score (nSPS) is 18.9. The third kappa shape index (κ3) is 3.00. The molecule has 0 bridgehead atoms. The molecule has 1 aromatic rings. The van der Waals surface area contributed by atoms with Crippen LogP contribution in [0.4, 0.5) is 4.79 Å². The number of benzene rings is 1. The van der Waals surface area contributed by atoms with E-state index in [9.17, 15) is 9.59 Å². The molecule has 112 valence electrons. The zero-order valence-electron chi connectivity index (χ0n) is 11.4. The first-order chi connectivity index (χ1) is 10.0. The Balaban J connectivity index is 1.64. The van der Waals surface area contributed by atoms with Gasteiger partial charge in [0.1, 0.15) is 0 Å². The maximum absolute atomic E-state index is 11.5. The van der Waals surface area contributed by atoms with Crippen molar-refractivity contribution in [2.75, 3.05) is 26.2 Å². The minimum atomic E-state index is -0.303. The number of urea groups is 1. The molecule has 5 nitrogen and oxygen atoms in total.